The third-order valence-electron chi connectivity index (χ3n) is 4.82. The van der Waals surface area contributed by atoms with Crippen LogP contribution in [0.5, 0.6) is 0 Å². The summed E-state index contributed by atoms with van der Waals surface area (Å²) in [6.45, 7) is 2.21. The average Bonchev–Trinajstić information content (AvgIpc) is 3.13. The average molecular weight is 339 g/mol. The number of likely N-dealkylation sites (N-methyl/N-ethyl adjacent to an activating group) is 1. The van der Waals surface area contributed by atoms with Crippen LogP contribution in [0.4, 0.5) is 4.79 Å². The van der Waals surface area contributed by atoms with Crippen LogP contribution in [0.2, 0.25) is 0 Å². The van der Waals surface area contributed by atoms with Gasteiger partial charge in [-0.1, -0.05) is 42.5 Å². The number of allylic oxidation sites excluding steroid dienone is 1. The van der Waals surface area contributed by atoms with Gasteiger partial charge in [0.2, 0.25) is 0 Å². The first-order chi connectivity index (χ1) is 12.1. The number of hydrogen-bond donors (Lipinski definition) is 2. The molecule has 0 saturated carbocycles. The number of urea groups is 1. The Kier molecular flexibility index (Phi) is 3.73. The van der Waals surface area contributed by atoms with E-state index >= 15 is 0 Å². The molecule has 2 fully saturated rings. The maximum Gasteiger partial charge on any atom is 0.328 e. The van der Waals surface area contributed by atoms with Crippen molar-refractivity contribution in [2.45, 2.75) is 25.4 Å². The van der Waals surface area contributed by atoms with Gasteiger partial charge in [0.15, 0.2) is 6.29 Å². The van der Waals surface area contributed by atoms with Crippen LogP contribution >= 0.6 is 0 Å². The largest absolute Gasteiger partial charge is 0.355 e. The normalized spacial score (nSPS) is 28.3. The Morgan fingerprint density at radius 1 is 1.20 bits per heavy atom. The van der Waals surface area contributed by atoms with E-state index in [2.05, 4.69) is 10.6 Å². The number of nitrogens with zero attached hydrogens (tertiary/aromatic N) is 3. The van der Waals surface area contributed by atoms with Crippen LogP contribution in [0.1, 0.15) is 12.5 Å². The highest BCUT2D eigenvalue weighted by molar-refractivity contribution is 6.01. The lowest BCUT2D eigenvalue weighted by Crippen LogP contribution is -2.65. The van der Waals surface area contributed by atoms with Crippen LogP contribution in [0.15, 0.2) is 48.3 Å². The molecular formula is C18H21N5O2. The molecule has 3 aliphatic rings. The molecule has 0 bridgehead atoms. The molecule has 1 aromatic carbocycles. The summed E-state index contributed by atoms with van der Waals surface area (Å²) in [5, 5.41) is 6.56. The van der Waals surface area contributed by atoms with E-state index in [1.165, 1.54) is 4.90 Å². The highest BCUT2D eigenvalue weighted by Crippen LogP contribution is 2.29. The summed E-state index contributed by atoms with van der Waals surface area (Å²) in [5.74, 6) is -0.173. The van der Waals surface area contributed by atoms with E-state index in [1.54, 1.807) is 11.9 Å². The quantitative estimate of drug-likeness (QED) is 0.858. The number of amides is 3. The Morgan fingerprint density at radius 2 is 1.96 bits per heavy atom. The second-order valence-corrected chi connectivity index (χ2v) is 6.52. The molecule has 0 radical (unpaired) electrons. The van der Waals surface area contributed by atoms with Crippen LogP contribution in [-0.2, 0) is 4.79 Å². The molecular weight excluding hydrogens is 318 g/mol. The van der Waals surface area contributed by atoms with E-state index in [9.17, 15) is 9.59 Å². The van der Waals surface area contributed by atoms with Gasteiger partial charge in [0, 0.05) is 25.5 Å². The first-order valence-corrected chi connectivity index (χ1v) is 8.34. The van der Waals surface area contributed by atoms with Crippen molar-refractivity contribution in [3.8, 4) is 0 Å². The number of fused-ring (bicyclic) bond motifs is 3. The molecule has 4 rings (SSSR count). The predicted octanol–water partition coefficient (Wildman–Crippen LogP) is 0.942. The van der Waals surface area contributed by atoms with Crippen molar-refractivity contribution in [3.05, 3.63) is 53.9 Å². The van der Waals surface area contributed by atoms with E-state index in [0.717, 1.165) is 11.3 Å². The van der Waals surface area contributed by atoms with Gasteiger partial charge in [-0.25, -0.2) is 4.79 Å². The minimum absolute atomic E-state index is 0.144. The van der Waals surface area contributed by atoms with Gasteiger partial charge in [-0.2, -0.15) is 0 Å². The Bertz CT molecular complexity index is 760. The molecule has 0 spiro atoms. The Morgan fingerprint density at radius 3 is 2.72 bits per heavy atom. The van der Waals surface area contributed by atoms with Crippen LogP contribution in [0.25, 0.3) is 6.08 Å². The molecule has 0 aromatic heterocycles. The summed E-state index contributed by atoms with van der Waals surface area (Å²) >= 11 is 0. The van der Waals surface area contributed by atoms with Crippen molar-refractivity contribution in [2.75, 3.05) is 13.6 Å². The molecule has 0 aliphatic carbocycles. The number of hydrogen-bond acceptors (Lipinski definition) is 5. The van der Waals surface area contributed by atoms with Gasteiger partial charge in [-0.15, -0.1) is 0 Å². The predicted molar refractivity (Wildman–Crippen MR) is 93.6 cm³/mol. The first-order valence-electron chi connectivity index (χ1n) is 8.34. The molecule has 130 valence electrons. The Hall–Kier alpha value is -2.80. The fourth-order valence-corrected chi connectivity index (χ4v) is 3.59. The number of imide groups is 1. The highest BCUT2D eigenvalue weighted by Gasteiger charge is 2.54. The van der Waals surface area contributed by atoms with Gasteiger partial charge < -0.3 is 15.1 Å². The lowest BCUT2D eigenvalue weighted by molar-refractivity contribution is -0.136. The van der Waals surface area contributed by atoms with E-state index in [-0.39, 0.29) is 30.9 Å². The van der Waals surface area contributed by atoms with E-state index in [4.69, 9.17) is 0 Å². The third-order valence-corrected chi connectivity index (χ3v) is 4.82. The number of carbonyl (C=O) groups is 2. The molecule has 2 saturated heterocycles. The first kappa shape index (κ1) is 15.7. The summed E-state index contributed by atoms with van der Waals surface area (Å²) in [7, 11) is 1.73. The van der Waals surface area contributed by atoms with Crippen molar-refractivity contribution in [1.29, 1.82) is 0 Å². The number of rotatable bonds is 3. The lowest BCUT2D eigenvalue weighted by Gasteiger charge is -2.40. The molecule has 3 aliphatic heterocycles. The zero-order chi connectivity index (χ0) is 17.6. The lowest BCUT2D eigenvalue weighted by atomic mass is 10.1. The molecule has 3 heterocycles. The fourth-order valence-electron chi connectivity index (χ4n) is 3.59. The van der Waals surface area contributed by atoms with Gasteiger partial charge in [0.25, 0.3) is 5.91 Å². The van der Waals surface area contributed by atoms with Crippen molar-refractivity contribution in [1.82, 2.24) is 25.3 Å². The smallest absolute Gasteiger partial charge is 0.328 e. The van der Waals surface area contributed by atoms with Crippen molar-refractivity contribution in [3.63, 3.8) is 0 Å². The molecule has 2 N–H and O–H groups in total. The maximum absolute atomic E-state index is 13.0. The summed E-state index contributed by atoms with van der Waals surface area (Å²) in [5.41, 5.74) is 2.04. The van der Waals surface area contributed by atoms with Crippen LogP contribution in [0.3, 0.4) is 0 Å². The van der Waals surface area contributed by atoms with Crippen LogP contribution < -0.4 is 10.6 Å². The summed E-state index contributed by atoms with van der Waals surface area (Å²) in [4.78, 5) is 30.4. The third kappa shape index (κ3) is 2.56. The second-order valence-electron chi connectivity index (χ2n) is 6.52. The topological polar surface area (TPSA) is 67.9 Å². The van der Waals surface area contributed by atoms with E-state index in [0.29, 0.717) is 0 Å². The number of benzene rings is 1. The summed E-state index contributed by atoms with van der Waals surface area (Å²) in [6.07, 6.45) is 5.24. The minimum Gasteiger partial charge on any atom is -0.355 e. The SMILES string of the molecule is CC1=CN2C(N1)NC1C2C(=O)N(C/C=C/c2ccccc2)C(=O)N1C. The summed E-state index contributed by atoms with van der Waals surface area (Å²) < 4.78 is 0. The zero-order valence-electron chi connectivity index (χ0n) is 14.2. The summed E-state index contributed by atoms with van der Waals surface area (Å²) in [6, 6.07) is 9.12. The molecule has 25 heavy (non-hydrogen) atoms. The number of nitrogens with one attached hydrogen (secondary N) is 2. The maximum atomic E-state index is 13.0. The minimum atomic E-state index is -0.414. The molecule has 1 aromatic rings. The molecule has 3 atom stereocenters. The monoisotopic (exact) mass is 339 g/mol. The number of carbonyl (C=O) groups excluding carboxylic acids is 2. The van der Waals surface area contributed by atoms with Gasteiger partial charge in [0.05, 0.1) is 0 Å². The molecule has 3 unspecified atom stereocenters. The van der Waals surface area contributed by atoms with Crippen LogP contribution in [0, 0.1) is 0 Å². The van der Waals surface area contributed by atoms with E-state index < -0.39 is 6.04 Å². The standard InChI is InChI=1S/C18H21N5O2/c1-12-11-23-14-15(20-17(23)19-12)21(2)18(25)22(16(14)24)10-6-9-13-7-4-3-5-8-13/h3-9,11,14-15,17,19-20H,10H2,1-2H3/b9-6+. The highest BCUT2D eigenvalue weighted by atomic mass is 16.2. The van der Waals surface area contributed by atoms with Crippen molar-refractivity contribution in [2.24, 2.45) is 0 Å². The molecule has 7 heteroatoms. The van der Waals surface area contributed by atoms with Gasteiger partial charge in [-0.3, -0.25) is 15.0 Å². The Balaban J connectivity index is 1.54. The molecule has 7 nitrogen and oxygen atoms in total. The second kappa shape index (κ2) is 5.93. The zero-order valence-corrected chi connectivity index (χ0v) is 14.2. The van der Waals surface area contributed by atoms with Gasteiger partial charge in [0.1, 0.15) is 12.2 Å². The van der Waals surface area contributed by atoms with Crippen molar-refractivity contribution < 1.29 is 9.59 Å². The fraction of sp³-hybridized carbons (Fsp3) is 0.333. The van der Waals surface area contributed by atoms with E-state index in [1.807, 2.05) is 60.5 Å². The van der Waals surface area contributed by atoms with Crippen molar-refractivity contribution >= 4 is 18.0 Å². The van der Waals surface area contributed by atoms with Gasteiger partial charge >= 0.3 is 6.03 Å². The molecule has 3 amide bonds. The van der Waals surface area contributed by atoms with Crippen LogP contribution in [-0.4, -0.2) is 58.7 Å². The van der Waals surface area contributed by atoms with Gasteiger partial charge in [-0.05, 0) is 12.5 Å². The Labute approximate surface area is 146 Å².